The van der Waals surface area contributed by atoms with Crippen molar-refractivity contribution in [3.63, 3.8) is 0 Å². The third-order valence-electron chi connectivity index (χ3n) is 6.42. The molecule has 1 aliphatic heterocycles. The Morgan fingerprint density at radius 1 is 1.11 bits per heavy atom. The molecule has 192 valence electrons. The molecule has 0 radical (unpaired) electrons. The van der Waals surface area contributed by atoms with Crippen LogP contribution in [0.2, 0.25) is 10.0 Å². The van der Waals surface area contributed by atoms with E-state index in [-0.39, 0.29) is 18.0 Å². The van der Waals surface area contributed by atoms with E-state index in [0.717, 1.165) is 17.4 Å². The molecule has 5 rings (SSSR count). The molecule has 0 spiro atoms. The van der Waals surface area contributed by atoms with Gasteiger partial charge in [0, 0.05) is 47.9 Å². The highest BCUT2D eigenvalue weighted by molar-refractivity contribution is 6.41. The topological polar surface area (TPSA) is 106 Å². The van der Waals surface area contributed by atoms with Crippen LogP contribution in [0.1, 0.15) is 0 Å². The maximum absolute atomic E-state index is 11.9. The molecule has 37 heavy (non-hydrogen) atoms. The summed E-state index contributed by atoms with van der Waals surface area (Å²) >= 11 is 13.4. The molecule has 0 bridgehead atoms. The first kappa shape index (κ1) is 25.1. The number of fused-ring (bicyclic) bond motifs is 3. The highest BCUT2D eigenvalue weighted by Crippen LogP contribution is 2.47. The third kappa shape index (κ3) is 4.52. The number of likely N-dealkylation sites (tertiary alicyclic amines) is 1. The number of hydrogen-bond donors (Lipinski definition) is 2. The van der Waals surface area contributed by atoms with Crippen LogP contribution in [0, 0.1) is 0 Å². The van der Waals surface area contributed by atoms with Crippen molar-refractivity contribution in [2.75, 3.05) is 39.7 Å². The van der Waals surface area contributed by atoms with Gasteiger partial charge in [-0.3, -0.25) is 4.79 Å². The standard InChI is InChI=1S/C25H25Cl2N7O3/c1-5-21(35)32-16-11-33(2)10-15(16)31-20-7-17-13(9-28-20)6-14(25-29-12-30-34(17)25)22-23(26)18(36-3)8-19(37-4)24(22)27/h5-9,12,15-16H,1,10-11H2,2-4H3,(H,28,31)(H,32,35)/t15-,16+/m0/s1. The lowest BCUT2D eigenvalue weighted by Crippen LogP contribution is -2.45. The van der Waals surface area contributed by atoms with Gasteiger partial charge in [0.15, 0.2) is 5.65 Å². The second kappa shape index (κ2) is 10.0. The Hall–Kier alpha value is -3.60. The fourth-order valence-corrected chi connectivity index (χ4v) is 5.39. The molecular formula is C25H25Cl2N7O3. The van der Waals surface area contributed by atoms with Crippen LogP contribution in [0.3, 0.4) is 0 Å². The van der Waals surface area contributed by atoms with Gasteiger partial charge in [-0.15, -0.1) is 0 Å². The van der Waals surface area contributed by atoms with Crippen molar-refractivity contribution in [1.29, 1.82) is 0 Å². The van der Waals surface area contributed by atoms with Gasteiger partial charge in [-0.25, -0.2) is 14.5 Å². The molecule has 1 aromatic carbocycles. The Morgan fingerprint density at radius 3 is 2.49 bits per heavy atom. The number of nitrogens with one attached hydrogen (secondary N) is 2. The molecule has 1 aliphatic rings. The Labute approximate surface area is 223 Å². The van der Waals surface area contributed by atoms with Gasteiger partial charge < -0.3 is 25.0 Å². The number of benzene rings is 1. The number of hydrogen-bond acceptors (Lipinski definition) is 8. The van der Waals surface area contributed by atoms with Crippen molar-refractivity contribution in [2.24, 2.45) is 0 Å². The minimum Gasteiger partial charge on any atom is -0.495 e. The number of amides is 1. The van der Waals surface area contributed by atoms with Crippen LogP contribution in [0.25, 0.3) is 27.7 Å². The quantitative estimate of drug-likeness (QED) is 0.341. The maximum Gasteiger partial charge on any atom is 0.243 e. The lowest BCUT2D eigenvalue weighted by atomic mass is 10.0. The molecule has 0 unspecified atom stereocenters. The average molecular weight is 542 g/mol. The van der Waals surface area contributed by atoms with Gasteiger partial charge in [0.1, 0.15) is 23.6 Å². The minimum atomic E-state index is -0.207. The average Bonchev–Trinajstić information content (AvgIpc) is 3.51. The first-order chi connectivity index (χ1) is 17.8. The van der Waals surface area contributed by atoms with E-state index >= 15 is 0 Å². The molecule has 1 amide bonds. The number of likely N-dealkylation sites (N-methyl/N-ethyl adjacent to an activating group) is 1. The molecule has 3 aromatic heterocycles. The van der Waals surface area contributed by atoms with E-state index < -0.39 is 0 Å². The first-order valence-electron chi connectivity index (χ1n) is 11.5. The second-order valence-corrected chi connectivity index (χ2v) is 9.51. The largest absolute Gasteiger partial charge is 0.495 e. The molecule has 2 N–H and O–H groups in total. The normalized spacial score (nSPS) is 17.8. The Balaban J connectivity index is 1.58. The highest BCUT2D eigenvalue weighted by atomic mass is 35.5. The van der Waals surface area contributed by atoms with E-state index in [9.17, 15) is 4.79 Å². The van der Waals surface area contributed by atoms with Crippen molar-refractivity contribution in [2.45, 2.75) is 12.1 Å². The molecule has 12 heteroatoms. The van der Waals surface area contributed by atoms with Crippen molar-refractivity contribution < 1.29 is 14.3 Å². The van der Waals surface area contributed by atoms with Crippen LogP contribution in [0.4, 0.5) is 5.82 Å². The lowest BCUT2D eigenvalue weighted by Gasteiger charge is -2.21. The van der Waals surface area contributed by atoms with Crippen LogP contribution in [0.15, 0.2) is 43.4 Å². The molecule has 0 aliphatic carbocycles. The molecule has 1 fully saturated rings. The van der Waals surface area contributed by atoms with E-state index in [0.29, 0.717) is 50.7 Å². The number of nitrogens with zero attached hydrogens (tertiary/aromatic N) is 5. The number of pyridine rings is 2. The number of halogens is 2. The van der Waals surface area contributed by atoms with E-state index in [4.69, 9.17) is 32.7 Å². The third-order valence-corrected chi connectivity index (χ3v) is 7.17. The van der Waals surface area contributed by atoms with Crippen LogP contribution in [-0.4, -0.2) is 76.8 Å². The van der Waals surface area contributed by atoms with Gasteiger partial charge in [0.25, 0.3) is 0 Å². The summed E-state index contributed by atoms with van der Waals surface area (Å²) in [6.45, 7) is 5.00. The molecule has 1 saturated heterocycles. The number of carbonyl (C=O) groups excluding carboxylic acids is 1. The summed E-state index contributed by atoms with van der Waals surface area (Å²) in [5.74, 6) is 1.29. The highest BCUT2D eigenvalue weighted by Gasteiger charge is 2.32. The van der Waals surface area contributed by atoms with E-state index in [1.54, 1.807) is 16.8 Å². The fourth-order valence-electron chi connectivity index (χ4n) is 4.68. The summed E-state index contributed by atoms with van der Waals surface area (Å²) in [6.07, 6.45) is 4.49. The van der Waals surface area contributed by atoms with Crippen LogP contribution in [-0.2, 0) is 4.79 Å². The summed E-state index contributed by atoms with van der Waals surface area (Å²) in [5.41, 5.74) is 2.52. The summed E-state index contributed by atoms with van der Waals surface area (Å²) in [5, 5.41) is 12.4. The summed E-state index contributed by atoms with van der Waals surface area (Å²) in [7, 11) is 5.06. The molecule has 4 heterocycles. The maximum atomic E-state index is 11.9. The van der Waals surface area contributed by atoms with Gasteiger partial charge in [0.2, 0.25) is 5.91 Å². The lowest BCUT2D eigenvalue weighted by molar-refractivity contribution is -0.117. The minimum absolute atomic E-state index is 0.0359. The fraction of sp³-hybridized carbons (Fsp3) is 0.280. The van der Waals surface area contributed by atoms with E-state index in [2.05, 4.69) is 37.2 Å². The van der Waals surface area contributed by atoms with Crippen molar-refractivity contribution in [3.8, 4) is 22.6 Å². The van der Waals surface area contributed by atoms with Gasteiger partial charge in [-0.2, -0.15) is 5.10 Å². The predicted molar refractivity (Wildman–Crippen MR) is 144 cm³/mol. The van der Waals surface area contributed by atoms with Gasteiger partial charge in [-0.1, -0.05) is 29.8 Å². The number of carbonyl (C=O) groups is 1. The van der Waals surface area contributed by atoms with E-state index in [1.165, 1.54) is 26.6 Å². The van der Waals surface area contributed by atoms with Crippen LogP contribution < -0.4 is 20.1 Å². The number of aromatic nitrogens is 4. The zero-order valence-electron chi connectivity index (χ0n) is 20.5. The zero-order chi connectivity index (χ0) is 26.3. The smallest absolute Gasteiger partial charge is 0.243 e. The Bertz CT molecular complexity index is 1500. The zero-order valence-corrected chi connectivity index (χ0v) is 22.0. The predicted octanol–water partition coefficient (Wildman–Crippen LogP) is 3.67. The SMILES string of the molecule is C=CC(=O)N[C@@H]1CN(C)C[C@@H]1Nc1cc2c(cn1)cc(-c1c(Cl)c(OC)cc(OC)c1Cl)c1ncnn12. The van der Waals surface area contributed by atoms with Crippen molar-refractivity contribution in [1.82, 2.24) is 29.8 Å². The monoisotopic (exact) mass is 541 g/mol. The molecule has 0 saturated carbocycles. The van der Waals surface area contributed by atoms with Crippen molar-refractivity contribution >= 4 is 51.5 Å². The second-order valence-electron chi connectivity index (χ2n) is 8.76. The van der Waals surface area contributed by atoms with Gasteiger partial charge in [-0.05, 0) is 19.2 Å². The van der Waals surface area contributed by atoms with Crippen LogP contribution >= 0.6 is 23.2 Å². The number of methoxy groups -OCH3 is 2. The Morgan fingerprint density at radius 2 is 1.81 bits per heavy atom. The molecule has 2 atom stereocenters. The Kier molecular flexibility index (Phi) is 6.80. The van der Waals surface area contributed by atoms with Gasteiger partial charge in [0.05, 0.1) is 41.9 Å². The molecular weight excluding hydrogens is 517 g/mol. The molecule has 4 aromatic rings. The number of ether oxygens (including phenoxy) is 2. The van der Waals surface area contributed by atoms with Crippen LogP contribution in [0.5, 0.6) is 11.5 Å². The number of rotatable bonds is 7. The first-order valence-corrected chi connectivity index (χ1v) is 12.2. The van der Waals surface area contributed by atoms with Crippen molar-refractivity contribution in [3.05, 3.63) is 53.4 Å². The summed E-state index contributed by atoms with van der Waals surface area (Å²) < 4.78 is 12.6. The van der Waals surface area contributed by atoms with Gasteiger partial charge >= 0.3 is 0 Å². The number of anilines is 1. The summed E-state index contributed by atoms with van der Waals surface area (Å²) in [4.78, 5) is 23.2. The summed E-state index contributed by atoms with van der Waals surface area (Å²) in [6, 6.07) is 5.33. The van der Waals surface area contributed by atoms with E-state index in [1.807, 2.05) is 19.2 Å². The molecule has 10 nitrogen and oxygen atoms in total.